The van der Waals surface area contributed by atoms with E-state index in [1.807, 2.05) is 6.92 Å². The van der Waals surface area contributed by atoms with E-state index in [1.54, 1.807) is 0 Å². The van der Waals surface area contributed by atoms with Crippen LogP contribution in [0.2, 0.25) is 0 Å². The molecule has 2 unspecified atom stereocenters. The van der Waals surface area contributed by atoms with Gasteiger partial charge in [0.1, 0.15) is 0 Å². The molecule has 1 saturated heterocycles. The second kappa shape index (κ2) is 6.97. The largest absolute Gasteiger partial charge is 0.354 e. The van der Waals surface area contributed by atoms with Gasteiger partial charge in [0.25, 0.3) is 0 Å². The molecule has 3 N–H and O–H groups in total. The number of nitrogens with one attached hydrogen (secondary N) is 1. The van der Waals surface area contributed by atoms with Gasteiger partial charge < -0.3 is 16.0 Å². The first kappa shape index (κ1) is 14.5. The van der Waals surface area contributed by atoms with Gasteiger partial charge in [-0.15, -0.1) is 0 Å². The Morgan fingerprint density at radius 1 is 1.53 bits per heavy atom. The van der Waals surface area contributed by atoms with Crippen molar-refractivity contribution in [2.45, 2.75) is 39.7 Å². The second-order valence-corrected chi connectivity index (χ2v) is 5.20. The molecule has 0 saturated carbocycles. The molecule has 0 aromatic carbocycles. The zero-order chi connectivity index (χ0) is 12.8. The Kier molecular flexibility index (Phi) is 5.92. The lowest BCUT2D eigenvalue weighted by molar-refractivity contribution is -0.123. The summed E-state index contributed by atoms with van der Waals surface area (Å²) in [5.74, 6) is 0.864. The number of hydrogen-bond acceptors (Lipinski definition) is 3. The van der Waals surface area contributed by atoms with E-state index >= 15 is 0 Å². The highest BCUT2D eigenvalue weighted by Gasteiger charge is 2.24. The number of nitrogens with two attached hydrogens (primary N) is 1. The van der Waals surface area contributed by atoms with Gasteiger partial charge in [0.05, 0.1) is 6.04 Å². The van der Waals surface area contributed by atoms with Gasteiger partial charge >= 0.3 is 0 Å². The first-order valence-corrected chi connectivity index (χ1v) is 6.84. The van der Waals surface area contributed by atoms with E-state index in [2.05, 4.69) is 24.1 Å². The van der Waals surface area contributed by atoms with Crippen molar-refractivity contribution in [3.63, 3.8) is 0 Å². The summed E-state index contributed by atoms with van der Waals surface area (Å²) >= 11 is 0. The summed E-state index contributed by atoms with van der Waals surface area (Å²) in [6.45, 7) is 10.4. The zero-order valence-electron chi connectivity index (χ0n) is 11.4. The van der Waals surface area contributed by atoms with Crippen molar-refractivity contribution < 1.29 is 4.79 Å². The molecule has 4 heteroatoms. The van der Waals surface area contributed by atoms with Crippen molar-refractivity contribution >= 4 is 5.91 Å². The third kappa shape index (κ3) is 4.28. The van der Waals surface area contributed by atoms with E-state index < -0.39 is 0 Å². The number of likely N-dealkylation sites (tertiary alicyclic amines) is 1. The van der Waals surface area contributed by atoms with Crippen LogP contribution in [0, 0.1) is 11.8 Å². The lowest BCUT2D eigenvalue weighted by atomic mass is 9.99. The molecular weight excluding hydrogens is 214 g/mol. The summed E-state index contributed by atoms with van der Waals surface area (Å²) in [5.41, 5.74) is 5.89. The van der Waals surface area contributed by atoms with E-state index in [0.29, 0.717) is 5.92 Å². The highest BCUT2D eigenvalue weighted by molar-refractivity contribution is 5.81. The highest BCUT2D eigenvalue weighted by Crippen LogP contribution is 2.14. The number of hydrogen-bond donors (Lipinski definition) is 2. The van der Waals surface area contributed by atoms with Gasteiger partial charge in [-0.1, -0.05) is 27.2 Å². The standard InChI is InChI=1S/C13H27N3O/c1-4-10(3)12(14)13(17)15-8-11-6-7-16(5-2)9-11/h10-12H,4-9,14H2,1-3H3,(H,15,17)/t10?,11?,12-/m0/s1. The SMILES string of the molecule is CCC(C)[C@H](N)C(=O)NCC1CCN(CC)C1. The minimum atomic E-state index is -0.358. The Morgan fingerprint density at radius 3 is 2.76 bits per heavy atom. The van der Waals surface area contributed by atoms with Gasteiger partial charge in [0.15, 0.2) is 0 Å². The van der Waals surface area contributed by atoms with Gasteiger partial charge in [0.2, 0.25) is 5.91 Å². The van der Waals surface area contributed by atoms with E-state index in [0.717, 1.165) is 32.6 Å². The van der Waals surface area contributed by atoms with Crippen LogP contribution < -0.4 is 11.1 Å². The summed E-state index contributed by atoms with van der Waals surface area (Å²) in [5, 5.41) is 2.99. The molecule has 17 heavy (non-hydrogen) atoms. The summed E-state index contributed by atoms with van der Waals surface area (Å²) in [6, 6.07) is -0.358. The van der Waals surface area contributed by atoms with Gasteiger partial charge in [-0.3, -0.25) is 4.79 Å². The van der Waals surface area contributed by atoms with E-state index in [9.17, 15) is 4.79 Å². The minimum absolute atomic E-state index is 0.00861. The molecule has 0 aliphatic carbocycles. The lowest BCUT2D eigenvalue weighted by Crippen LogP contribution is -2.46. The molecule has 0 aromatic rings. The molecule has 0 spiro atoms. The van der Waals surface area contributed by atoms with Crippen LogP contribution in [0.1, 0.15) is 33.6 Å². The third-order valence-corrected chi connectivity index (χ3v) is 3.94. The molecule has 0 radical (unpaired) electrons. The van der Waals surface area contributed by atoms with Crippen LogP contribution in [0.5, 0.6) is 0 Å². The Hall–Kier alpha value is -0.610. The molecule has 1 fully saturated rings. The lowest BCUT2D eigenvalue weighted by Gasteiger charge is -2.19. The monoisotopic (exact) mass is 241 g/mol. The summed E-state index contributed by atoms with van der Waals surface area (Å²) in [7, 11) is 0. The molecule has 0 bridgehead atoms. The van der Waals surface area contributed by atoms with Crippen molar-refractivity contribution in [1.29, 1.82) is 0 Å². The zero-order valence-corrected chi connectivity index (χ0v) is 11.4. The number of carbonyl (C=O) groups excluding carboxylic acids is 1. The molecule has 1 aliphatic heterocycles. The maximum Gasteiger partial charge on any atom is 0.237 e. The maximum absolute atomic E-state index is 11.8. The molecule has 1 aliphatic rings. The molecule has 4 nitrogen and oxygen atoms in total. The number of carbonyl (C=O) groups is 1. The molecule has 3 atom stereocenters. The van der Waals surface area contributed by atoms with Crippen LogP contribution in [-0.2, 0) is 4.79 Å². The van der Waals surface area contributed by atoms with Crippen molar-refractivity contribution in [3.8, 4) is 0 Å². The van der Waals surface area contributed by atoms with E-state index in [4.69, 9.17) is 5.73 Å². The fraction of sp³-hybridized carbons (Fsp3) is 0.923. The molecule has 100 valence electrons. The van der Waals surface area contributed by atoms with Crippen LogP contribution in [0.3, 0.4) is 0 Å². The minimum Gasteiger partial charge on any atom is -0.354 e. The van der Waals surface area contributed by atoms with Crippen molar-refractivity contribution in [2.24, 2.45) is 17.6 Å². The van der Waals surface area contributed by atoms with Crippen LogP contribution >= 0.6 is 0 Å². The van der Waals surface area contributed by atoms with Gasteiger partial charge in [-0.05, 0) is 31.3 Å². The number of nitrogens with zero attached hydrogens (tertiary/aromatic N) is 1. The first-order valence-electron chi connectivity index (χ1n) is 6.84. The first-order chi connectivity index (χ1) is 8.08. The van der Waals surface area contributed by atoms with Crippen molar-refractivity contribution in [1.82, 2.24) is 10.2 Å². The molecule has 0 aromatic heterocycles. The predicted octanol–water partition coefficient (Wildman–Crippen LogP) is 0.818. The number of amides is 1. The van der Waals surface area contributed by atoms with Gasteiger partial charge in [0, 0.05) is 13.1 Å². The van der Waals surface area contributed by atoms with Crippen molar-refractivity contribution in [3.05, 3.63) is 0 Å². The molecule has 1 rings (SSSR count). The summed E-state index contributed by atoms with van der Waals surface area (Å²) in [4.78, 5) is 14.2. The quantitative estimate of drug-likeness (QED) is 0.724. The van der Waals surface area contributed by atoms with E-state index in [-0.39, 0.29) is 17.9 Å². The highest BCUT2D eigenvalue weighted by atomic mass is 16.2. The summed E-state index contributed by atoms with van der Waals surface area (Å²) in [6.07, 6.45) is 2.13. The fourth-order valence-corrected chi connectivity index (χ4v) is 2.24. The molecule has 1 amide bonds. The Morgan fingerprint density at radius 2 is 2.24 bits per heavy atom. The van der Waals surface area contributed by atoms with E-state index in [1.165, 1.54) is 6.42 Å². The van der Waals surface area contributed by atoms with Crippen molar-refractivity contribution in [2.75, 3.05) is 26.2 Å². The third-order valence-electron chi connectivity index (χ3n) is 3.94. The van der Waals surface area contributed by atoms with Gasteiger partial charge in [-0.25, -0.2) is 0 Å². The average Bonchev–Trinajstić information content (AvgIpc) is 2.81. The Balaban J connectivity index is 2.24. The van der Waals surface area contributed by atoms with Crippen LogP contribution in [0.15, 0.2) is 0 Å². The smallest absolute Gasteiger partial charge is 0.237 e. The molecular formula is C13H27N3O. The number of rotatable bonds is 6. The fourth-order valence-electron chi connectivity index (χ4n) is 2.24. The van der Waals surface area contributed by atoms with Crippen LogP contribution in [0.25, 0.3) is 0 Å². The maximum atomic E-state index is 11.8. The van der Waals surface area contributed by atoms with Crippen LogP contribution in [-0.4, -0.2) is 43.0 Å². The second-order valence-electron chi connectivity index (χ2n) is 5.20. The normalized spacial score (nSPS) is 24.6. The molecule has 1 heterocycles. The Bertz CT molecular complexity index is 245. The average molecular weight is 241 g/mol. The topological polar surface area (TPSA) is 58.4 Å². The summed E-state index contributed by atoms with van der Waals surface area (Å²) < 4.78 is 0. The predicted molar refractivity (Wildman–Crippen MR) is 70.7 cm³/mol. The van der Waals surface area contributed by atoms with Gasteiger partial charge in [-0.2, -0.15) is 0 Å². The Labute approximate surface area is 105 Å². The van der Waals surface area contributed by atoms with Crippen LogP contribution in [0.4, 0.5) is 0 Å².